The molecule has 0 aromatic heterocycles. The van der Waals surface area contributed by atoms with Crippen LogP contribution in [0.15, 0.2) is 0 Å². The van der Waals surface area contributed by atoms with E-state index in [0.717, 1.165) is 6.42 Å². The highest BCUT2D eigenvalue weighted by Gasteiger charge is 2.14. The van der Waals surface area contributed by atoms with Gasteiger partial charge in [-0.05, 0) is 18.9 Å². The van der Waals surface area contributed by atoms with Crippen molar-refractivity contribution in [1.82, 2.24) is 5.23 Å². The van der Waals surface area contributed by atoms with Gasteiger partial charge in [0.1, 0.15) is 0 Å². The average Bonchev–Trinajstić information content (AvgIpc) is 1.85. The molecule has 0 aliphatic rings. The highest BCUT2D eigenvalue weighted by atomic mass is 16.9. The van der Waals surface area contributed by atoms with Crippen molar-refractivity contribution in [3.05, 3.63) is 5.21 Å². The van der Waals surface area contributed by atoms with Gasteiger partial charge in [-0.3, -0.25) is 5.23 Å². The third kappa shape index (κ3) is 4.73. The molecule has 0 saturated heterocycles. The Balaban J connectivity index is 3.46. The first-order chi connectivity index (χ1) is 4.48. The zero-order valence-electron chi connectivity index (χ0n) is 7.18. The molecule has 3 nitrogen and oxygen atoms in total. The Morgan fingerprint density at radius 3 is 2.30 bits per heavy atom. The molecule has 0 aliphatic heterocycles. The van der Waals surface area contributed by atoms with Gasteiger partial charge < -0.3 is 10.0 Å². The molecule has 0 aromatic rings. The summed E-state index contributed by atoms with van der Waals surface area (Å²) in [5.74, 6) is 0. The van der Waals surface area contributed by atoms with Gasteiger partial charge in [0.05, 0.1) is 6.61 Å². The summed E-state index contributed by atoms with van der Waals surface area (Å²) in [4.78, 5) is 4.78. The van der Waals surface area contributed by atoms with Crippen LogP contribution in [-0.2, 0) is 4.84 Å². The fourth-order valence-corrected chi connectivity index (χ4v) is 0.368. The van der Waals surface area contributed by atoms with E-state index in [1.54, 1.807) is 0 Å². The first kappa shape index (κ1) is 9.88. The Bertz CT molecular complexity index is 91.6. The zero-order valence-corrected chi connectivity index (χ0v) is 7.18. The monoisotopic (exact) mass is 146 g/mol. The Hall–Kier alpha value is -0.120. The van der Waals surface area contributed by atoms with Gasteiger partial charge in [-0.1, -0.05) is 20.8 Å². The molecule has 0 bridgehead atoms. The van der Waals surface area contributed by atoms with E-state index in [-0.39, 0.29) is 5.41 Å². The van der Waals surface area contributed by atoms with Crippen LogP contribution in [0, 0.1) is 10.6 Å². The lowest BCUT2D eigenvalue weighted by molar-refractivity contribution is -0.129. The Morgan fingerprint density at radius 1 is 1.50 bits per heavy atom. The molecule has 0 fully saturated rings. The topological polar surface area (TPSA) is 35.5 Å². The van der Waals surface area contributed by atoms with E-state index in [9.17, 15) is 5.21 Å². The molecule has 0 aromatic carbocycles. The van der Waals surface area contributed by atoms with E-state index < -0.39 is 0 Å². The third-order valence-corrected chi connectivity index (χ3v) is 1.59. The van der Waals surface area contributed by atoms with Crippen LogP contribution in [0.5, 0.6) is 0 Å². The SMILES string of the molecule is CCC(C)(C)CON(C)[O-]. The van der Waals surface area contributed by atoms with E-state index in [4.69, 9.17) is 4.84 Å². The summed E-state index contributed by atoms with van der Waals surface area (Å²) in [7, 11) is 1.35. The minimum Gasteiger partial charge on any atom is -0.762 e. The van der Waals surface area contributed by atoms with E-state index in [1.165, 1.54) is 7.05 Å². The summed E-state index contributed by atoms with van der Waals surface area (Å²) in [5, 5.41) is 10.8. The first-order valence-corrected chi connectivity index (χ1v) is 3.52. The normalized spacial score (nSPS) is 12.6. The van der Waals surface area contributed by atoms with Crippen molar-refractivity contribution in [3.8, 4) is 0 Å². The van der Waals surface area contributed by atoms with Crippen LogP contribution < -0.4 is 0 Å². The summed E-state index contributed by atoms with van der Waals surface area (Å²) in [6, 6.07) is 0. The van der Waals surface area contributed by atoms with Crippen molar-refractivity contribution in [2.45, 2.75) is 27.2 Å². The molecular formula is C7H16NO2-. The van der Waals surface area contributed by atoms with Crippen LogP contribution in [0.1, 0.15) is 27.2 Å². The molecule has 0 spiro atoms. The second-order valence-corrected chi connectivity index (χ2v) is 3.23. The van der Waals surface area contributed by atoms with Gasteiger partial charge in [-0.2, -0.15) is 0 Å². The van der Waals surface area contributed by atoms with Crippen LogP contribution in [0.3, 0.4) is 0 Å². The van der Waals surface area contributed by atoms with Crippen LogP contribution in [0.2, 0.25) is 0 Å². The molecule has 0 N–H and O–H groups in total. The van der Waals surface area contributed by atoms with Crippen molar-refractivity contribution in [3.63, 3.8) is 0 Å². The number of nitrogens with zero attached hydrogens (tertiary/aromatic N) is 1. The second kappa shape index (κ2) is 3.91. The minimum absolute atomic E-state index is 0.110. The van der Waals surface area contributed by atoms with Gasteiger partial charge in [-0.25, -0.2) is 0 Å². The molecule has 0 saturated carbocycles. The Labute approximate surface area is 62.5 Å². The molecule has 0 heterocycles. The van der Waals surface area contributed by atoms with E-state index in [1.807, 2.05) is 0 Å². The van der Waals surface area contributed by atoms with Gasteiger partial charge in [0, 0.05) is 0 Å². The molecule has 10 heavy (non-hydrogen) atoms. The van der Waals surface area contributed by atoms with Gasteiger partial charge in [0.25, 0.3) is 0 Å². The van der Waals surface area contributed by atoms with Crippen LogP contribution in [-0.4, -0.2) is 18.9 Å². The maximum Gasteiger partial charge on any atom is 0.0723 e. The third-order valence-electron chi connectivity index (χ3n) is 1.59. The summed E-state index contributed by atoms with van der Waals surface area (Å²) in [5.41, 5.74) is 0.110. The zero-order chi connectivity index (χ0) is 8.20. The van der Waals surface area contributed by atoms with Gasteiger partial charge >= 0.3 is 0 Å². The van der Waals surface area contributed by atoms with Crippen molar-refractivity contribution in [1.29, 1.82) is 0 Å². The summed E-state index contributed by atoms with van der Waals surface area (Å²) in [6.07, 6.45) is 1.01. The number of hydrogen-bond donors (Lipinski definition) is 0. The molecule has 0 aliphatic carbocycles. The smallest absolute Gasteiger partial charge is 0.0723 e. The molecule has 3 heteroatoms. The molecule has 0 radical (unpaired) electrons. The Kier molecular flexibility index (Phi) is 3.86. The lowest BCUT2D eigenvalue weighted by atomic mass is 9.92. The van der Waals surface area contributed by atoms with E-state index in [2.05, 4.69) is 20.8 Å². The molecule has 0 amide bonds. The summed E-state index contributed by atoms with van der Waals surface area (Å²) >= 11 is 0. The quantitative estimate of drug-likeness (QED) is 0.567. The largest absolute Gasteiger partial charge is 0.762 e. The molecular weight excluding hydrogens is 130 g/mol. The predicted octanol–water partition coefficient (Wildman–Crippen LogP) is 1.78. The maximum absolute atomic E-state index is 10.3. The summed E-state index contributed by atoms with van der Waals surface area (Å²) < 4.78 is 0. The van der Waals surface area contributed by atoms with Crippen molar-refractivity contribution in [2.75, 3.05) is 13.7 Å². The van der Waals surface area contributed by atoms with Gasteiger partial charge in [0.15, 0.2) is 0 Å². The molecule has 62 valence electrons. The standard InChI is InChI=1S/C7H16NO2/c1-5-7(2,3)6-10-8(4)9/h5-6H2,1-4H3/q-1. The van der Waals surface area contributed by atoms with Crippen molar-refractivity contribution < 1.29 is 4.84 Å². The average molecular weight is 146 g/mol. The first-order valence-electron chi connectivity index (χ1n) is 3.52. The van der Waals surface area contributed by atoms with Crippen LogP contribution in [0.25, 0.3) is 0 Å². The van der Waals surface area contributed by atoms with Gasteiger partial charge in [-0.15, -0.1) is 0 Å². The fourth-order valence-electron chi connectivity index (χ4n) is 0.368. The van der Waals surface area contributed by atoms with Crippen molar-refractivity contribution >= 4 is 0 Å². The Morgan fingerprint density at radius 2 is 2.00 bits per heavy atom. The maximum atomic E-state index is 10.3. The predicted molar refractivity (Wildman–Crippen MR) is 41.2 cm³/mol. The second-order valence-electron chi connectivity index (χ2n) is 3.23. The highest BCUT2D eigenvalue weighted by Crippen LogP contribution is 2.19. The number of hydroxylamine groups is 2. The van der Waals surface area contributed by atoms with Crippen molar-refractivity contribution in [2.24, 2.45) is 5.41 Å². The lowest BCUT2D eigenvalue weighted by Gasteiger charge is -2.28. The van der Waals surface area contributed by atoms with E-state index in [0.29, 0.717) is 11.8 Å². The van der Waals surface area contributed by atoms with Crippen LogP contribution in [0.4, 0.5) is 0 Å². The molecule has 0 rings (SSSR count). The number of rotatable bonds is 4. The molecule has 0 atom stereocenters. The lowest BCUT2D eigenvalue weighted by Crippen LogP contribution is -2.23. The highest BCUT2D eigenvalue weighted by molar-refractivity contribution is 4.63. The number of hydrogen-bond acceptors (Lipinski definition) is 3. The fraction of sp³-hybridized carbons (Fsp3) is 1.00. The van der Waals surface area contributed by atoms with E-state index >= 15 is 0 Å². The van der Waals surface area contributed by atoms with Gasteiger partial charge in [0.2, 0.25) is 0 Å². The summed E-state index contributed by atoms with van der Waals surface area (Å²) in [6.45, 7) is 6.70. The van der Waals surface area contributed by atoms with Crippen LogP contribution >= 0.6 is 0 Å². The molecule has 0 unspecified atom stereocenters. The minimum atomic E-state index is 0.110.